The molecule has 152 valence electrons. The third-order valence-electron chi connectivity index (χ3n) is 5.93. The van der Waals surface area contributed by atoms with E-state index in [4.69, 9.17) is 4.74 Å². The number of hydrogen-bond acceptors (Lipinski definition) is 5. The van der Waals surface area contributed by atoms with Crippen LogP contribution >= 0.6 is 0 Å². The molecular formula is C20H34N4O3. The monoisotopic (exact) mass is 378 g/mol. The average Bonchev–Trinajstić information content (AvgIpc) is 3.17. The highest BCUT2D eigenvalue weighted by molar-refractivity contribution is 5.79. The molecule has 1 saturated carbocycles. The van der Waals surface area contributed by atoms with E-state index in [-0.39, 0.29) is 36.7 Å². The Labute approximate surface area is 161 Å². The number of aromatic nitrogens is 3. The highest BCUT2D eigenvalue weighted by atomic mass is 16.5. The highest BCUT2D eigenvalue weighted by Crippen LogP contribution is 2.26. The van der Waals surface area contributed by atoms with Gasteiger partial charge in [0, 0.05) is 18.7 Å². The summed E-state index contributed by atoms with van der Waals surface area (Å²) >= 11 is 0. The Morgan fingerprint density at radius 1 is 1.30 bits per heavy atom. The number of carbonyl (C=O) groups excluding carboxylic acids is 1. The van der Waals surface area contributed by atoms with Gasteiger partial charge in [0.15, 0.2) is 0 Å². The maximum Gasteiger partial charge on any atom is 0.223 e. The van der Waals surface area contributed by atoms with E-state index >= 15 is 0 Å². The molecule has 7 heteroatoms. The molecule has 0 spiro atoms. The first-order chi connectivity index (χ1) is 13.1. The summed E-state index contributed by atoms with van der Waals surface area (Å²) in [6, 6.07) is -0.0837. The van der Waals surface area contributed by atoms with Crippen LogP contribution in [0.5, 0.6) is 0 Å². The van der Waals surface area contributed by atoms with Crippen LogP contribution in [0.3, 0.4) is 0 Å². The molecule has 3 atom stereocenters. The standard InChI is InChI=1S/C20H34N4O3/c1-14(2)18-12-24(23-22-18)11-10-16-8-9-17(19(13-25)27-16)21-20(26)15-6-4-3-5-7-15/h12,14-17,19,25H,3-11,13H2,1-2H3,(H,21,26)/t16-,17+,19-/m0/s1. The maximum atomic E-state index is 12.5. The van der Waals surface area contributed by atoms with Crippen molar-refractivity contribution < 1.29 is 14.6 Å². The Morgan fingerprint density at radius 2 is 2.07 bits per heavy atom. The Bertz CT molecular complexity index is 598. The SMILES string of the molecule is CC(C)c1cn(CC[C@@H]2CC[C@@H](NC(=O)C3CCCCC3)[C@H](CO)O2)nn1. The summed E-state index contributed by atoms with van der Waals surface area (Å²) in [4.78, 5) is 12.5. The molecule has 2 N–H and O–H groups in total. The van der Waals surface area contributed by atoms with E-state index in [1.54, 1.807) is 0 Å². The van der Waals surface area contributed by atoms with Crippen molar-refractivity contribution in [3.8, 4) is 0 Å². The van der Waals surface area contributed by atoms with E-state index in [0.29, 0.717) is 5.92 Å². The predicted molar refractivity (Wildman–Crippen MR) is 102 cm³/mol. The van der Waals surface area contributed by atoms with Gasteiger partial charge in [-0.05, 0) is 38.0 Å². The Morgan fingerprint density at radius 3 is 2.74 bits per heavy atom. The second-order valence-electron chi connectivity index (χ2n) is 8.36. The van der Waals surface area contributed by atoms with E-state index < -0.39 is 0 Å². The summed E-state index contributed by atoms with van der Waals surface area (Å²) in [5, 5.41) is 21.3. The molecule has 0 aromatic carbocycles. The van der Waals surface area contributed by atoms with E-state index in [1.807, 2.05) is 10.9 Å². The molecule has 27 heavy (non-hydrogen) atoms. The van der Waals surface area contributed by atoms with Gasteiger partial charge in [0.1, 0.15) is 6.10 Å². The fraction of sp³-hybridized carbons (Fsp3) is 0.850. The zero-order valence-electron chi connectivity index (χ0n) is 16.6. The molecule has 2 fully saturated rings. The summed E-state index contributed by atoms with van der Waals surface area (Å²) < 4.78 is 7.95. The van der Waals surface area contributed by atoms with Crippen LogP contribution in [0.15, 0.2) is 6.20 Å². The van der Waals surface area contributed by atoms with E-state index in [1.165, 1.54) is 6.42 Å². The third kappa shape index (κ3) is 5.51. The zero-order chi connectivity index (χ0) is 19.2. The molecular weight excluding hydrogens is 344 g/mol. The van der Waals surface area contributed by atoms with Crippen molar-refractivity contribution >= 4 is 5.91 Å². The first-order valence-electron chi connectivity index (χ1n) is 10.5. The number of hydrogen-bond donors (Lipinski definition) is 2. The van der Waals surface area contributed by atoms with Crippen molar-refractivity contribution in [2.45, 2.75) is 95.9 Å². The fourth-order valence-corrected chi connectivity index (χ4v) is 4.14. The van der Waals surface area contributed by atoms with Gasteiger partial charge in [-0.3, -0.25) is 9.48 Å². The number of carbonyl (C=O) groups is 1. The first-order valence-corrected chi connectivity index (χ1v) is 10.5. The minimum absolute atomic E-state index is 0.0626. The number of aliphatic hydroxyl groups is 1. The zero-order valence-corrected chi connectivity index (χ0v) is 16.6. The fourth-order valence-electron chi connectivity index (χ4n) is 4.14. The molecule has 1 aliphatic heterocycles. The van der Waals surface area contributed by atoms with Crippen LogP contribution in [-0.4, -0.2) is 50.9 Å². The predicted octanol–water partition coefficient (Wildman–Crippen LogP) is 2.40. The molecule has 0 unspecified atom stereocenters. The van der Waals surface area contributed by atoms with Crippen LogP contribution in [0.4, 0.5) is 0 Å². The van der Waals surface area contributed by atoms with Crippen LogP contribution in [0.25, 0.3) is 0 Å². The van der Waals surface area contributed by atoms with Gasteiger partial charge in [-0.2, -0.15) is 0 Å². The molecule has 1 aliphatic carbocycles. The number of amides is 1. The number of ether oxygens (including phenoxy) is 1. The van der Waals surface area contributed by atoms with Crippen molar-refractivity contribution in [2.75, 3.05) is 6.61 Å². The molecule has 7 nitrogen and oxygen atoms in total. The average molecular weight is 379 g/mol. The number of aryl methyl sites for hydroxylation is 1. The lowest BCUT2D eigenvalue weighted by Gasteiger charge is -2.37. The van der Waals surface area contributed by atoms with Gasteiger partial charge in [-0.1, -0.05) is 38.3 Å². The summed E-state index contributed by atoms with van der Waals surface area (Å²) in [5.74, 6) is 0.652. The van der Waals surface area contributed by atoms with Gasteiger partial charge in [0.2, 0.25) is 5.91 Å². The summed E-state index contributed by atoms with van der Waals surface area (Å²) in [6.45, 7) is 4.90. The lowest BCUT2D eigenvalue weighted by molar-refractivity contribution is -0.133. The molecule has 1 amide bonds. The topological polar surface area (TPSA) is 89.3 Å². The highest BCUT2D eigenvalue weighted by Gasteiger charge is 2.33. The molecule has 1 saturated heterocycles. The summed E-state index contributed by atoms with van der Waals surface area (Å²) in [5.41, 5.74) is 0.998. The van der Waals surface area contributed by atoms with Gasteiger partial charge in [-0.15, -0.1) is 5.10 Å². The van der Waals surface area contributed by atoms with Crippen LogP contribution in [0.1, 0.15) is 76.8 Å². The van der Waals surface area contributed by atoms with Gasteiger partial charge in [-0.25, -0.2) is 0 Å². The van der Waals surface area contributed by atoms with Crippen LogP contribution in [0.2, 0.25) is 0 Å². The van der Waals surface area contributed by atoms with Crippen LogP contribution in [0, 0.1) is 5.92 Å². The van der Waals surface area contributed by atoms with Gasteiger partial charge >= 0.3 is 0 Å². The molecule has 2 aliphatic rings. The lowest BCUT2D eigenvalue weighted by Crippen LogP contribution is -2.52. The first kappa shape index (κ1) is 20.3. The van der Waals surface area contributed by atoms with Crippen LogP contribution < -0.4 is 5.32 Å². The molecule has 2 heterocycles. The minimum Gasteiger partial charge on any atom is -0.394 e. The lowest BCUT2D eigenvalue weighted by atomic mass is 9.88. The van der Waals surface area contributed by atoms with E-state index in [0.717, 1.165) is 57.2 Å². The largest absolute Gasteiger partial charge is 0.394 e. The molecule has 0 radical (unpaired) electrons. The van der Waals surface area contributed by atoms with Crippen molar-refractivity contribution in [2.24, 2.45) is 5.92 Å². The number of nitrogens with zero attached hydrogens (tertiary/aromatic N) is 3. The normalized spacial score (nSPS) is 27.0. The molecule has 0 bridgehead atoms. The minimum atomic E-state index is -0.321. The van der Waals surface area contributed by atoms with Crippen molar-refractivity contribution in [1.82, 2.24) is 20.3 Å². The second kappa shape index (κ2) is 9.64. The summed E-state index contributed by atoms with van der Waals surface area (Å²) in [6.07, 6.45) is 9.82. The number of nitrogens with one attached hydrogen (secondary N) is 1. The quantitative estimate of drug-likeness (QED) is 0.760. The second-order valence-corrected chi connectivity index (χ2v) is 8.36. The van der Waals surface area contributed by atoms with Crippen LogP contribution in [-0.2, 0) is 16.1 Å². The third-order valence-corrected chi connectivity index (χ3v) is 5.93. The smallest absolute Gasteiger partial charge is 0.223 e. The molecule has 1 aromatic heterocycles. The summed E-state index contributed by atoms with van der Waals surface area (Å²) in [7, 11) is 0. The van der Waals surface area contributed by atoms with E-state index in [2.05, 4.69) is 29.5 Å². The Balaban J connectivity index is 1.46. The van der Waals surface area contributed by atoms with E-state index in [9.17, 15) is 9.90 Å². The van der Waals surface area contributed by atoms with Crippen molar-refractivity contribution in [1.29, 1.82) is 0 Å². The number of rotatable bonds is 7. The Kier molecular flexibility index (Phi) is 7.24. The van der Waals surface area contributed by atoms with Crippen molar-refractivity contribution in [3.63, 3.8) is 0 Å². The molecule has 1 aromatic rings. The van der Waals surface area contributed by atoms with Gasteiger partial charge < -0.3 is 15.2 Å². The van der Waals surface area contributed by atoms with Gasteiger partial charge in [0.05, 0.1) is 24.4 Å². The Hall–Kier alpha value is -1.47. The molecule has 3 rings (SSSR count). The number of aliphatic hydroxyl groups excluding tert-OH is 1. The van der Waals surface area contributed by atoms with Crippen molar-refractivity contribution in [3.05, 3.63) is 11.9 Å². The van der Waals surface area contributed by atoms with Gasteiger partial charge in [0.25, 0.3) is 0 Å². The maximum absolute atomic E-state index is 12.5.